The molecule has 2 aliphatic carbocycles. The Morgan fingerprint density at radius 3 is 2.73 bits per heavy atom. The molecule has 5 heteroatoms. The van der Waals surface area contributed by atoms with Gasteiger partial charge in [0.15, 0.2) is 5.69 Å². The van der Waals surface area contributed by atoms with Crippen molar-refractivity contribution in [1.82, 2.24) is 15.4 Å². The Morgan fingerprint density at radius 1 is 1.32 bits per heavy atom. The normalized spacial score (nSPS) is 29.2. The zero-order valence-electron chi connectivity index (χ0n) is 13.4. The number of carbonyl (C=O) groups excluding carboxylic acids is 1. The van der Waals surface area contributed by atoms with Gasteiger partial charge in [0.05, 0.1) is 0 Å². The SMILES string of the molecule is CC(C)N1C[C@H](NC(=O)c2cc(C3CC3)on2)[C@@H](C2CC2)C1. The number of hydrogen-bond acceptors (Lipinski definition) is 4. The van der Waals surface area contributed by atoms with Crippen LogP contribution < -0.4 is 5.32 Å². The average molecular weight is 303 g/mol. The van der Waals surface area contributed by atoms with Gasteiger partial charge in [0.25, 0.3) is 5.91 Å². The zero-order chi connectivity index (χ0) is 15.3. The first-order valence-electron chi connectivity index (χ1n) is 8.63. The fraction of sp³-hybridized carbons (Fsp3) is 0.765. The first-order valence-corrected chi connectivity index (χ1v) is 8.63. The zero-order valence-corrected chi connectivity index (χ0v) is 13.4. The van der Waals surface area contributed by atoms with E-state index >= 15 is 0 Å². The van der Waals surface area contributed by atoms with Crippen molar-refractivity contribution >= 4 is 5.91 Å². The van der Waals surface area contributed by atoms with Crippen molar-refractivity contribution in [2.45, 2.75) is 57.5 Å². The van der Waals surface area contributed by atoms with Crippen LogP contribution in [-0.4, -0.2) is 41.1 Å². The van der Waals surface area contributed by atoms with E-state index in [1.54, 1.807) is 0 Å². The Bertz CT molecular complexity index is 560. The second kappa shape index (κ2) is 5.37. The molecule has 1 aliphatic heterocycles. The fourth-order valence-corrected chi connectivity index (χ4v) is 3.64. The fourth-order valence-electron chi connectivity index (χ4n) is 3.64. The van der Waals surface area contributed by atoms with Crippen LogP contribution in [0.1, 0.15) is 61.7 Å². The standard InChI is InChI=1S/C17H25N3O2/c1-10(2)20-8-13(11-3-4-11)15(9-20)18-17(21)14-7-16(22-19-14)12-5-6-12/h7,10-13,15H,3-6,8-9H2,1-2H3,(H,18,21)/t13-,15+/m1/s1. The predicted molar refractivity (Wildman–Crippen MR) is 82.7 cm³/mol. The number of hydrogen-bond donors (Lipinski definition) is 1. The third-order valence-corrected chi connectivity index (χ3v) is 5.41. The van der Waals surface area contributed by atoms with Crippen molar-refractivity contribution < 1.29 is 9.32 Å². The Kier molecular flexibility index (Phi) is 3.48. The quantitative estimate of drug-likeness (QED) is 0.907. The van der Waals surface area contributed by atoms with Crippen LogP contribution in [0.3, 0.4) is 0 Å². The molecule has 0 bridgehead atoms. The first-order chi connectivity index (χ1) is 10.6. The molecular weight excluding hydrogens is 278 g/mol. The van der Waals surface area contributed by atoms with Crippen molar-refractivity contribution in [2.75, 3.05) is 13.1 Å². The summed E-state index contributed by atoms with van der Waals surface area (Å²) < 4.78 is 5.30. The minimum absolute atomic E-state index is 0.0723. The van der Waals surface area contributed by atoms with Gasteiger partial charge in [0, 0.05) is 37.2 Å². The Labute approximate surface area is 131 Å². The minimum atomic E-state index is -0.0723. The minimum Gasteiger partial charge on any atom is -0.360 e. The highest BCUT2D eigenvalue weighted by atomic mass is 16.5. The van der Waals surface area contributed by atoms with Crippen LogP contribution in [0.4, 0.5) is 0 Å². The van der Waals surface area contributed by atoms with Crippen molar-refractivity contribution in [3.63, 3.8) is 0 Å². The van der Waals surface area contributed by atoms with E-state index in [2.05, 4.69) is 29.2 Å². The number of rotatable bonds is 5. The summed E-state index contributed by atoms with van der Waals surface area (Å²) >= 11 is 0. The van der Waals surface area contributed by atoms with E-state index in [1.807, 2.05) is 6.07 Å². The molecule has 5 nitrogen and oxygen atoms in total. The van der Waals surface area contributed by atoms with Crippen LogP contribution >= 0.6 is 0 Å². The number of nitrogens with zero attached hydrogens (tertiary/aromatic N) is 2. The van der Waals surface area contributed by atoms with Crippen molar-refractivity contribution in [1.29, 1.82) is 0 Å². The maximum Gasteiger partial charge on any atom is 0.273 e. The number of aromatic nitrogens is 1. The van der Waals surface area contributed by atoms with Gasteiger partial charge in [0.2, 0.25) is 0 Å². The molecule has 1 aromatic heterocycles. The molecule has 2 heterocycles. The Balaban J connectivity index is 1.42. The Hall–Kier alpha value is -1.36. The first kappa shape index (κ1) is 14.2. The topological polar surface area (TPSA) is 58.4 Å². The molecule has 1 amide bonds. The van der Waals surface area contributed by atoms with Crippen LogP contribution in [0.25, 0.3) is 0 Å². The molecule has 22 heavy (non-hydrogen) atoms. The summed E-state index contributed by atoms with van der Waals surface area (Å²) in [6, 6.07) is 2.62. The molecule has 4 rings (SSSR count). The van der Waals surface area contributed by atoms with E-state index in [9.17, 15) is 4.79 Å². The summed E-state index contributed by atoms with van der Waals surface area (Å²) in [5.41, 5.74) is 0.444. The van der Waals surface area contributed by atoms with E-state index in [0.717, 1.165) is 37.6 Å². The lowest BCUT2D eigenvalue weighted by Gasteiger charge is -2.20. The number of nitrogens with one attached hydrogen (secondary N) is 1. The van der Waals surface area contributed by atoms with E-state index < -0.39 is 0 Å². The molecule has 0 radical (unpaired) electrons. The summed E-state index contributed by atoms with van der Waals surface area (Å²) in [4.78, 5) is 14.9. The maximum absolute atomic E-state index is 12.5. The number of likely N-dealkylation sites (tertiary alicyclic amines) is 1. The molecule has 0 spiro atoms. The summed E-state index contributed by atoms with van der Waals surface area (Å²) in [5, 5.41) is 7.18. The molecule has 3 aliphatic rings. The van der Waals surface area contributed by atoms with Crippen LogP contribution in [0.5, 0.6) is 0 Å². The van der Waals surface area contributed by atoms with Gasteiger partial charge in [-0.05, 0) is 51.4 Å². The molecule has 120 valence electrons. The van der Waals surface area contributed by atoms with Crippen LogP contribution in [0, 0.1) is 11.8 Å². The average Bonchev–Trinajstić information content (AvgIpc) is 3.42. The van der Waals surface area contributed by atoms with Gasteiger partial charge in [-0.15, -0.1) is 0 Å². The molecule has 2 atom stereocenters. The van der Waals surface area contributed by atoms with Crippen molar-refractivity contribution in [3.05, 3.63) is 17.5 Å². The van der Waals surface area contributed by atoms with Crippen LogP contribution in [0.15, 0.2) is 10.6 Å². The van der Waals surface area contributed by atoms with Gasteiger partial charge in [-0.1, -0.05) is 5.16 Å². The molecule has 3 fully saturated rings. The third kappa shape index (κ3) is 2.78. The van der Waals surface area contributed by atoms with Gasteiger partial charge in [-0.2, -0.15) is 0 Å². The predicted octanol–water partition coefficient (Wildman–Crippen LogP) is 2.40. The van der Waals surface area contributed by atoms with Crippen LogP contribution in [0.2, 0.25) is 0 Å². The number of carbonyl (C=O) groups is 1. The van der Waals surface area contributed by atoms with Crippen molar-refractivity contribution in [3.8, 4) is 0 Å². The number of amides is 1. The molecule has 0 unspecified atom stereocenters. The van der Waals surface area contributed by atoms with Gasteiger partial charge in [-0.3, -0.25) is 9.69 Å². The highest BCUT2D eigenvalue weighted by Crippen LogP contribution is 2.42. The van der Waals surface area contributed by atoms with E-state index in [-0.39, 0.29) is 11.9 Å². The van der Waals surface area contributed by atoms with E-state index in [1.165, 1.54) is 12.8 Å². The molecule has 1 N–H and O–H groups in total. The van der Waals surface area contributed by atoms with Crippen LogP contribution in [-0.2, 0) is 0 Å². The second-order valence-corrected chi connectivity index (χ2v) is 7.52. The van der Waals surface area contributed by atoms with Gasteiger partial charge in [0.1, 0.15) is 5.76 Å². The highest BCUT2D eigenvalue weighted by molar-refractivity contribution is 5.92. The molecule has 1 saturated heterocycles. The highest BCUT2D eigenvalue weighted by Gasteiger charge is 2.43. The smallest absolute Gasteiger partial charge is 0.273 e. The lowest BCUT2D eigenvalue weighted by molar-refractivity contribution is 0.0918. The third-order valence-electron chi connectivity index (χ3n) is 5.41. The monoisotopic (exact) mass is 303 g/mol. The molecule has 0 aromatic carbocycles. The second-order valence-electron chi connectivity index (χ2n) is 7.52. The summed E-state index contributed by atoms with van der Waals surface area (Å²) in [6.45, 7) is 6.53. The van der Waals surface area contributed by atoms with Gasteiger partial charge < -0.3 is 9.84 Å². The molecule has 2 saturated carbocycles. The Morgan fingerprint density at radius 2 is 2.09 bits per heavy atom. The van der Waals surface area contributed by atoms with Gasteiger partial charge in [-0.25, -0.2) is 0 Å². The largest absolute Gasteiger partial charge is 0.360 e. The van der Waals surface area contributed by atoms with Gasteiger partial charge >= 0.3 is 0 Å². The van der Waals surface area contributed by atoms with Crippen molar-refractivity contribution in [2.24, 2.45) is 11.8 Å². The molecule has 1 aromatic rings. The lowest BCUT2D eigenvalue weighted by Crippen LogP contribution is -2.41. The summed E-state index contributed by atoms with van der Waals surface area (Å²) in [5.74, 6) is 2.70. The molecular formula is C17H25N3O2. The maximum atomic E-state index is 12.5. The van der Waals surface area contributed by atoms with E-state index in [0.29, 0.717) is 23.6 Å². The van der Waals surface area contributed by atoms with E-state index in [4.69, 9.17) is 4.52 Å². The summed E-state index contributed by atoms with van der Waals surface area (Å²) in [7, 11) is 0. The summed E-state index contributed by atoms with van der Waals surface area (Å²) in [6.07, 6.45) is 4.95. The lowest BCUT2D eigenvalue weighted by atomic mass is 9.98.